The van der Waals surface area contributed by atoms with Gasteiger partial charge in [-0.2, -0.15) is 88.3 Å². The highest BCUT2D eigenvalue weighted by molar-refractivity contribution is 7.99. The zero-order valence-electron chi connectivity index (χ0n) is 34.2. The zero-order valence-corrected chi connectivity index (χ0v) is 38.3. The number of carbonyl (C=O) groups excluding carboxylic acids is 3. The fourth-order valence-electron chi connectivity index (χ4n) is 5.65. The van der Waals surface area contributed by atoms with E-state index in [0.717, 1.165) is 35.8 Å². The van der Waals surface area contributed by atoms with Crippen LogP contribution in [0.15, 0.2) is 42.2 Å². The van der Waals surface area contributed by atoms with Gasteiger partial charge in [-0.1, -0.05) is 23.4 Å². The number of nitrogens with zero attached hydrogens (tertiary/aromatic N) is 3. The summed E-state index contributed by atoms with van der Waals surface area (Å²) in [6.45, 7) is 10.7. The average Bonchev–Trinajstić information content (AvgIpc) is 3.08. The van der Waals surface area contributed by atoms with Gasteiger partial charge in [0.25, 0.3) is 0 Å². The van der Waals surface area contributed by atoms with E-state index in [2.05, 4.69) is 12.8 Å². The third-order valence-corrected chi connectivity index (χ3v) is 13.3. The van der Waals surface area contributed by atoms with Crippen LogP contribution in [0, 0.1) is 0 Å². The number of hydrogen-bond donors (Lipinski definition) is 0. The van der Waals surface area contributed by atoms with Crippen molar-refractivity contribution in [3.63, 3.8) is 0 Å². The molecule has 4 bridgehead atoms. The van der Waals surface area contributed by atoms with Gasteiger partial charge in [-0.05, 0) is 59.8 Å². The number of ketones is 1. The van der Waals surface area contributed by atoms with Gasteiger partial charge in [0.05, 0.1) is 29.9 Å². The first-order valence-corrected chi connectivity index (χ1v) is 24.7. The molecule has 17 nitrogen and oxygen atoms in total. The van der Waals surface area contributed by atoms with E-state index in [1.54, 1.807) is 25.7 Å². The zero-order chi connectivity index (χ0) is 49.1. The number of rotatable bonds is 7. The van der Waals surface area contributed by atoms with Gasteiger partial charge in [0.2, 0.25) is 0 Å². The molecule has 64 heavy (non-hydrogen) atoms. The van der Waals surface area contributed by atoms with Gasteiger partial charge in [-0.15, -0.1) is 8.57 Å². The predicted molar refractivity (Wildman–Crippen MR) is 210 cm³/mol. The summed E-state index contributed by atoms with van der Waals surface area (Å²) in [5, 5.41) is -1.02. The van der Waals surface area contributed by atoms with Crippen LogP contribution in [0.3, 0.4) is 0 Å². The van der Waals surface area contributed by atoms with E-state index in [0.29, 0.717) is 24.3 Å². The minimum absolute atomic E-state index is 0.0369. The quantitative estimate of drug-likeness (QED) is 0.117. The smallest absolute Gasteiger partial charge is 0.444 e. The fourth-order valence-corrected chi connectivity index (χ4v) is 9.37. The lowest BCUT2D eigenvalue weighted by atomic mass is 9.96. The lowest BCUT2D eigenvalue weighted by molar-refractivity contribution is -0.124. The Morgan fingerprint density at radius 1 is 0.609 bits per heavy atom. The van der Waals surface area contributed by atoms with Crippen molar-refractivity contribution in [1.29, 1.82) is 0 Å². The predicted octanol–water partition coefficient (Wildman–Crippen LogP) is 6.99. The summed E-state index contributed by atoms with van der Waals surface area (Å²) in [7, 11) is -18.7. The van der Waals surface area contributed by atoms with E-state index in [1.807, 2.05) is 32.5 Å². The first kappa shape index (κ1) is 54.9. The fraction of sp³-hybridized carbons (Fsp3) is 0.667. The Kier molecular flexibility index (Phi) is 17.4. The van der Waals surface area contributed by atoms with Crippen LogP contribution in [0.1, 0.15) is 60.8 Å². The third kappa shape index (κ3) is 15.3. The Labute approximate surface area is 370 Å². The minimum atomic E-state index is -6.49. The molecule has 0 aliphatic carbocycles. The molecular formula is C33H42F9N3O14S5. The van der Waals surface area contributed by atoms with E-state index in [9.17, 15) is 79.2 Å². The second-order valence-corrected chi connectivity index (χ2v) is 22.4. The normalized spacial score (nSPS) is 22.1. The Hall–Kier alpha value is -3.39. The van der Waals surface area contributed by atoms with Crippen LogP contribution >= 0.6 is 23.5 Å². The van der Waals surface area contributed by atoms with Crippen molar-refractivity contribution >= 4 is 77.5 Å². The molecule has 3 saturated heterocycles. The molecule has 4 heterocycles. The van der Waals surface area contributed by atoms with Crippen LogP contribution in [0.5, 0.6) is 0 Å². The van der Waals surface area contributed by atoms with Crippen molar-refractivity contribution in [2.75, 3.05) is 28.2 Å². The standard InChI is InChI=1S/C13H18F3NO5S2.C12H19NO3S.C8H5F6NO6S2/c1-12(2,3)21-11(18)17-8-4-10(5-9(17)7-23-6-8)22-24(19,20)13(14,15)16;1-12(2,3)16-11(15)13-8-4-10(14)5-9(13)7-17-6-8;9-7(10,11)22(16,17)20-15(6-4-2-1-3-5-6)21-23(18,19)8(12,13)14/h4,8-9H,5-7H2,1-3H3;8-9H,4-7H2,1-3H3;1-5H. The van der Waals surface area contributed by atoms with E-state index < -0.39 is 87.2 Å². The molecule has 3 fully saturated rings. The molecule has 5 rings (SSSR count). The monoisotopic (exact) mass is 1040 g/mol. The summed E-state index contributed by atoms with van der Waals surface area (Å²) >= 11 is 3.36. The lowest BCUT2D eigenvalue weighted by Crippen LogP contribution is -2.58. The molecule has 0 aromatic heterocycles. The second kappa shape index (κ2) is 20.2. The Bertz CT molecular complexity index is 2140. The maximum atomic E-state index is 12.4. The Morgan fingerprint density at radius 2 is 1.00 bits per heavy atom. The average molecular weight is 1040 g/mol. The number of ether oxygens (including phenoxy) is 2. The maximum absolute atomic E-state index is 12.4. The molecule has 0 saturated carbocycles. The van der Waals surface area contributed by atoms with Crippen molar-refractivity contribution in [1.82, 2.24) is 9.80 Å². The number of fused-ring (bicyclic) bond motifs is 4. The van der Waals surface area contributed by atoms with Crippen molar-refractivity contribution < 1.29 is 101 Å². The third-order valence-electron chi connectivity index (χ3n) is 8.07. The van der Waals surface area contributed by atoms with Gasteiger partial charge in [0.15, 0.2) is 0 Å². The first-order valence-electron chi connectivity index (χ1n) is 18.1. The molecule has 1 aromatic carbocycles. The summed E-state index contributed by atoms with van der Waals surface area (Å²) in [5.41, 5.74) is -19.6. The number of piperidine rings is 1. The van der Waals surface area contributed by atoms with Gasteiger partial charge < -0.3 is 13.7 Å². The van der Waals surface area contributed by atoms with E-state index in [1.165, 1.54) is 28.8 Å². The maximum Gasteiger partial charge on any atom is 0.534 e. The molecule has 0 N–H and O–H groups in total. The van der Waals surface area contributed by atoms with Crippen LogP contribution in [-0.2, 0) is 57.4 Å². The van der Waals surface area contributed by atoms with E-state index in [4.69, 9.17) is 9.47 Å². The summed E-state index contributed by atoms with van der Waals surface area (Å²) in [6, 6.07) is 3.81. The summed E-state index contributed by atoms with van der Waals surface area (Å²) < 4.78 is 198. The number of hydrogen-bond acceptors (Lipinski definition) is 17. The van der Waals surface area contributed by atoms with Crippen molar-refractivity contribution in [2.45, 2.75) is 113 Å². The van der Waals surface area contributed by atoms with Gasteiger partial charge in [0.1, 0.15) is 22.7 Å². The number of halogens is 9. The molecule has 0 spiro atoms. The molecule has 4 aliphatic rings. The molecule has 31 heteroatoms. The molecule has 4 aliphatic heterocycles. The van der Waals surface area contributed by atoms with Gasteiger partial charge in [0, 0.05) is 42.3 Å². The number of amides is 2. The number of para-hydroxylation sites is 1. The second-order valence-electron chi connectivity index (χ2n) is 15.7. The first-order chi connectivity index (χ1) is 28.8. The van der Waals surface area contributed by atoms with Crippen LogP contribution in [-0.4, -0.2) is 128 Å². The van der Waals surface area contributed by atoms with Crippen molar-refractivity contribution in [3.8, 4) is 0 Å². The lowest BCUT2D eigenvalue weighted by Gasteiger charge is -2.44. The molecule has 4 unspecified atom stereocenters. The molecule has 2 amide bonds. The highest BCUT2D eigenvalue weighted by Crippen LogP contribution is 2.37. The minimum Gasteiger partial charge on any atom is -0.444 e. The highest BCUT2D eigenvalue weighted by Gasteiger charge is 2.54. The van der Waals surface area contributed by atoms with Gasteiger partial charge in [-0.25, -0.2) is 9.59 Å². The molecular weight excluding hydrogens is 994 g/mol. The molecule has 4 atom stereocenters. The van der Waals surface area contributed by atoms with E-state index in [-0.39, 0.29) is 36.1 Å². The summed E-state index contributed by atoms with van der Waals surface area (Å²) in [5.74, 6) is 2.57. The number of thioether (sulfide) groups is 2. The largest absolute Gasteiger partial charge is 0.534 e. The van der Waals surface area contributed by atoms with E-state index >= 15 is 0 Å². The summed E-state index contributed by atoms with van der Waals surface area (Å²) in [6.07, 6.45) is 1.27. The van der Waals surface area contributed by atoms with Crippen LogP contribution in [0.2, 0.25) is 0 Å². The number of alkyl halides is 9. The Morgan fingerprint density at radius 3 is 1.39 bits per heavy atom. The van der Waals surface area contributed by atoms with Crippen molar-refractivity contribution in [2.24, 2.45) is 0 Å². The van der Waals surface area contributed by atoms with Gasteiger partial charge in [-0.3, -0.25) is 14.6 Å². The van der Waals surface area contributed by atoms with Crippen LogP contribution < -0.4 is 5.23 Å². The molecule has 1 aromatic rings. The number of Topliss-reactive ketones (excluding diaryl/α,β-unsaturated/α-hetero) is 1. The topological polar surface area (TPSA) is 209 Å². The molecule has 0 radical (unpaired) electrons. The number of benzene rings is 1. The van der Waals surface area contributed by atoms with Crippen LogP contribution in [0.25, 0.3) is 0 Å². The number of carbonyl (C=O) groups is 3. The Balaban J connectivity index is 0.000000259. The van der Waals surface area contributed by atoms with Crippen LogP contribution in [0.4, 0.5) is 54.8 Å². The number of anilines is 1. The van der Waals surface area contributed by atoms with Crippen molar-refractivity contribution in [3.05, 3.63) is 42.2 Å². The molecule has 366 valence electrons. The van der Waals surface area contributed by atoms with Gasteiger partial charge >= 0.3 is 59.1 Å². The SMILES string of the molecule is CC(C)(C)OC(=O)N1C2C=C(OS(=O)(=O)C(F)(F)F)CC1CSC2.CC(C)(C)OC(=O)N1C2CSCC1CC(=O)C2.O=S(=O)(ON(OS(=O)(=O)C(F)(F)F)c1ccccc1)C(F)(F)F. The highest BCUT2D eigenvalue weighted by atomic mass is 32.2. The summed E-state index contributed by atoms with van der Waals surface area (Å²) in [4.78, 5) is 39.2.